The van der Waals surface area contributed by atoms with Gasteiger partial charge in [0.1, 0.15) is 0 Å². The van der Waals surface area contributed by atoms with Crippen LogP contribution in [0.25, 0.3) is 0 Å². The van der Waals surface area contributed by atoms with E-state index in [9.17, 15) is 4.79 Å². The van der Waals surface area contributed by atoms with E-state index in [1.807, 2.05) is 31.2 Å². The minimum Gasteiger partial charge on any atom is -0.325 e. The van der Waals surface area contributed by atoms with Crippen LogP contribution in [-0.2, 0) is 4.79 Å². The number of para-hydroxylation sites is 1. The standard InChI is InChI=1S/C15H24N2O/c1-5-11(2)13(4)16-10-15(18)17-14-9-7-6-8-12(14)3/h6-9,11,13,16H,5,10H2,1-4H3,(H,17,18). The van der Waals surface area contributed by atoms with Gasteiger partial charge in [-0.2, -0.15) is 0 Å². The van der Waals surface area contributed by atoms with E-state index in [-0.39, 0.29) is 5.91 Å². The highest BCUT2D eigenvalue weighted by Gasteiger charge is 2.11. The summed E-state index contributed by atoms with van der Waals surface area (Å²) in [6.45, 7) is 8.83. The monoisotopic (exact) mass is 248 g/mol. The lowest BCUT2D eigenvalue weighted by Gasteiger charge is -2.19. The molecule has 3 nitrogen and oxygen atoms in total. The Morgan fingerprint density at radius 3 is 2.56 bits per heavy atom. The van der Waals surface area contributed by atoms with Gasteiger partial charge in [-0.05, 0) is 31.4 Å². The van der Waals surface area contributed by atoms with Crippen LogP contribution in [0.5, 0.6) is 0 Å². The molecule has 2 atom stereocenters. The number of hydrogen-bond donors (Lipinski definition) is 2. The van der Waals surface area contributed by atoms with Gasteiger partial charge in [-0.3, -0.25) is 4.79 Å². The van der Waals surface area contributed by atoms with Crippen molar-refractivity contribution in [2.24, 2.45) is 5.92 Å². The summed E-state index contributed by atoms with van der Waals surface area (Å²) in [6.07, 6.45) is 1.12. The van der Waals surface area contributed by atoms with Crippen molar-refractivity contribution in [2.45, 2.75) is 40.2 Å². The van der Waals surface area contributed by atoms with Gasteiger partial charge in [0.15, 0.2) is 0 Å². The molecule has 3 heteroatoms. The molecule has 0 aliphatic carbocycles. The first kappa shape index (κ1) is 14.7. The summed E-state index contributed by atoms with van der Waals surface area (Å²) >= 11 is 0. The average molecular weight is 248 g/mol. The molecule has 0 saturated carbocycles. The topological polar surface area (TPSA) is 41.1 Å². The molecule has 0 spiro atoms. The molecule has 100 valence electrons. The van der Waals surface area contributed by atoms with Gasteiger partial charge in [-0.1, -0.05) is 38.5 Å². The molecule has 0 aliphatic rings. The summed E-state index contributed by atoms with van der Waals surface area (Å²) in [7, 11) is 0. The Kier molecular flexibility index (Phi) is 5.86. The Bertz CT molecular complexity index is 390. The van der Waals surface area contributed by atoms with Crippen molar-refractivity contribution in [3.8, 4) is 0 Å². The molecule has 0 saturated heterocycles. The SMILES string of the molecule is CCC(C)C(C)NCC(=O)Nc1ccccc1C. The number of amides is 1. The van der Waals surface area contributed by atoms with Crippen LogP contribution in [0.2, 0.25) is 0 Å². The third-order valence-electron chi connectivity index (χ3n) is 3.50. The molecule has 1 aromatic rings. The van der Waals surface area contributed by atoms with Crippen molar-refractivity contribution < 1.29 is 4.79 Å². The maximum Gasteiger partial charge on any atom is 0.238 e. The minimum absolute atomic E-state index is 0.0134. The Morgan fingerprint density at radius 1 is 1.28 bits per heavy atom. The number of aryl methyl sites for hydroxylation is 1. The highest BCUT2D eigenvalue weighted by molar-refractivity contribution is 5.92. The summed E-state index contributed by atoms with van der Waals surface area (Å²) in [4.78, 5) is 11.8. The fourth-order valence-corrected chi connectivity index (χ4v) is 1.72. The number of rotatable bonds is 6. The normalized spacial score (nSPS) is 14.0. The Labute approximate surface area is 110 Å². The lowest BCUT2D eigenvalue weighted by molar-refractivity contribution is -0.115. The first-order valence-electron chi connectivity index (χ1n) is 6.63. The maximum atomic E-state index is 11.8. The molecule has 1 rings (SSSR count). The summed E-state index contributed by atoms with van der Waals surface area (Å²) in [5.74, 6) is 0.593. The lowest BCUT2D eigenvalue weighted by atomic mass is 10.0. The molecular formula is C15H24N2O. The van der Waals surface area contributed by atoms with Gasteiger partial charge in [0.2, 0.25) is 5.91 Å². The van der Waals surface area contributed by atoms with E-state index >= 15 is 0 Å². The van der Waals surface area contributed by atoms with Crippen molar-refractivity contribution in [3.05, 3.63) is 29.8 Å². The average Bonchev–Trinajstić information content (AvgIpc) is 2.37. The number of benzene rings is 1. The second kappa shape index (κ2) is 7.17. The van der Waals surface area contributed by atoms with Gasteiger partial charge in [0.25, 0.3) is 0 Å². The number of anilines is 1. The van der Waals surface area contributed by atoms with E-state index in [0.717, 1.165) is 17.7 Å². The van der Waals surface area contributed by atoms with E-state index in [2.05, 4.69) is 31.4 Å². The van der Waals surface area contributed by atoms with E-state index in [0.29, 0.717) is 18.5 Å². The second-order valence-electron chi connectivity index (χ2n) is 4.92. The fraction of sp³-hybridized carbons (Fsp3) is 0.533. The zero-order chi connectivity index (χ0) is 13.5. The molecule has 0 bridgehead atoms. The molecule has 0 aliphatic heterocycles. The quantitative estimate of drug-likeness (QED) is 0.812. The smallest absolute Gasteiger partial charge is 0.238 e. The van der Waals surface area contributed by atoms with Gasteiger partial charge >= 0.3 is 0 Å². The van der Waals surface area contributed by atoms with Crippen LogP contribution in [-0.4, -0.2) is 18.5 Å². The van der Waals surface area contributed by atoms with Gasteiger partial charge in [-0.25, -0.2) is 0 Å². The number of nitrogens with one attached hydrogen (secondary N) is 2. The van der Waals surface area contributed by atoms with Crippen LogP contribution >= 0.6 is 0 Å². The molecule has 1 amide bonds. The van der Waals surface area contributed by atoms with E-state index in [1.54, 1.807) is 0 Å². The summed E-state index contributed by atoms with van der Waals surface area (Å²) in [6, 6.07) is 8.17. The highest BCUT2D eigenvalue weighted by atomic mass is 16.1. The Hall–Kier alpha value is -1.35. The second-order valence-corrected chi connectivity index (χ2v) is 4.92. The molecule has 0 aromatic heterocycles. The van der Waals surface area contributed by atoms with E-state index in [4.69, 9.17) is 0 Å². The van der Waals surface area contributed by atoms with E-state index < -0.39 is 0 Å². The van der Waals surface area contributed by atoms with Crippen molar-refractivity contribution in [1.29, 1.82) is 0 Å². The lowest BCUT2D eigenvalue weighted by Crippen LogP contribution is -2.37. The van der Waals surface area contributed by atoms with E-state index in [1.165, 1.54) is 0 Å². The first-order chi connectivity index (χ1) is 8.54. The molecule has 0 fully saturated rings. The van der Waals surface area contributed by atoms with Crippen LogP contribution in [0.4, 0.5) is 5.69 Å². The van der Waals surface area contributed by atoms with Gasteiger partial charge in [0, 0.05) is 11.7 Å². The maximum absolute atomic E-state index is 11.8. The molecule has 0 radical (unpaired) electrons. The van der Waals surface area contributed by atoms with Crippen molar-refractivity contribution in [1.82, 2.24) is 5.32 Å². The number of carbonyl (C=O) groups is 1. The van der Waals surface area contributed by atoms with Crippen LogP contribution < -0.4 is 10.6 Å². The molecular weight excluding hydrogens is 224 g/mol. The zero-order valence-corrected chi connectivity index (χ0v) is 11.8. The predicted octanol–water partition coefficient (Wildman–Crippen LogP) is 2.96. The summed E-state index contributed by atoms with van der Waals surface area (Å²) in [5, 5.41) is 6.18. The summed E-state index contributed by atoms with van der Waals surface area (Å²) in [5.41, 5.74) is 1.97. The van der Waals surface area contributed by atoms with Crippen LogP contribution in [0.1, 0.15) is 32.8 Å². The number of hydrogen-bond acceptors (Lipinski definition) is 2. The third kappa shape index (κ3) is 4.49. The first-order valence-corrected chi connectivity index (χ1v) is 6.63. The molecule has 18 heavy (non-hydrogen) atoms. The zero-order valence-electron chi connectivity index (χ0n) is 11.8. The largest absolute Gasteiger partial charge is 0.325 e. The Morgan fingerprint density at radius 2 is 1.94 bits per heavy atom. The molecule has 1 aromatic carbocycles. The Balaban J connectivity index is 2.41. The summed E-state index contributed by atoms with van der Waals surface area (Å²) < 4.78 is 0. The molecule has 2 unspecified atom stereocenters. The molecule has 0 heterocycles. The minimum atomic E-state index is 0.0134. The van der Waals surface area contributed by atoms with Crippen molar-refractivity contribution in [3.63, 3.8) is 0 Å². The van der Waals surface area contributed by atoms with Crippen LogP contribution in [0, 0.1) is 12.8 Å². The van der Waals surface area contributed by atoms with Gasteiger partial charge < -0.3 is 10.6 Å². The predicted molar refractivity (Wildman–Crippen MR) is 76.7 cm³/mol. The highest BCUT2D eigenvalue weighted by Crippen LogP contribution is 2.12. The third-order valence-corrected chi connectivity index (χ3v) is 3.50. The van der Waals surface area contributed by atoms with Gasteiger partial charge in [-0.15, -0.1) is 0 Å². The van der Waals surface area contributed by atoms with Crippen molar-refractivity contribution in [2.75, 3.05) is 11.9 Å². The van der Waals surface area contributed by atoms with Gasteiger partial charge in [0.05, 0.1) is 6.54 Å². The van der Waals surface area contributed by atoms with Crippen LogP contribution in [0.3, 0.4) is 0 Å². The van der Waals surface area contributed by atoms with Crippen molar-refractivity contribution >= 4 is 11.6 Å². The molecule has 2 N–H and O–H groups in total. The number of carbonyl (C=O) groups excluding carboxylic acids is 1. The fourth-order valence-electron chi connectivity index (χ4n) is 1.72. The van der Waals surface area contributed by atoms with Crippen LogP contribution in [0.15, 0.2) is 24.3 Å².